The van der Waals surface area contributed by atoms with Gasteiger partial charge in [-0.15, -0.1) is 0 Å². The number of amides is 1. The summed E-state index contributed by atoms with van der Waals surface area (Å²) in [5.41, 5.74) is 1.92. The van der Waals surface area contributed by atoms with E-state index in [1.54, 1.807) is 19.2 Å². The van der Waals surface area contributed by atoms with Crippen LogP contribution < -0.4 is 24.4 Å². The third-order valence-electron chi connectivity index (χ3n) is 3.60. The van der Waals surface area contributed by atoms with Crippen molar-refractivity contribution >= 4 is 17.5 Å². The number of fused-ring (bicyclic) bond motifs is 1. The van der Waals surface area contributed by atoms with Crippen LogP contribution in [0.15, 0.2) is 30.5 Å². The molecule has 0 fully saturated rings. The molecule has 0 bridgehead atoms. The van der Waals surface area contributed by atoms with Crippen molar-refractivity contribution in [3.05, 3.63) is 52.3 Å². The highest BCUT2D eigenvalue weighted by atomic mass is 35.5. The molecule has 1 aromatic heterocycles. The van der Waals surface area contributed by atoms with Crippen LogP contribution >= 0.6 is 11.6 Å². The molecule has 0 saturated heterocycles. The average Bonchev–Trinajstić information content (AvgIpc) is 3.00. The first-order chi connectivity index (χ1) is 11.1. The summed E-state index contributed by atoms with van der Waals surface area (Å²) in [5, 5.41) is 3.22. The predicted octanol–water partition coefficient (Wildman–Crippen LogP) is 1.65. The third-order valence-corrected chi connectivity index (χ3v) is 3.92. The van der Waals surface area contributed by atoms with Crippen molar-refractivity contribution in [2.24, 2.45) is 0 Å². The molecule has 1 aliphatic rings. The van der Waals surface area contributed by atoms with Gasteiger partial charge in [-0.25, -0.2) is 0 Å². The highest BCUT2D eigenvalue weighted by Gasteiger charge is 2.23. The number of nitrogens with zero attached hydrogens (tertiary/aromatic N) is 1. The summed E-state index contributed by atoms with van der Waals surface area (Å²) in [6.45, 7) is 2.35. The number of hydrogen-bond acceptors (Lipinski definition) is 4. The molecule has 0 aliphatic carbocycles. The van der Waals surface area contributed by atoms with Crippen LogP contribution in [0.3, 0.4) is 0 Å². The van der Waals surface area contributed by atoms with Gasteiger partial charge < -0.3 is 14.8 Å². The fraction of sp³-hybridized carbons (Fsp3) is 0.250. The van der Waals surface area contributed by atoms with Crippen molar-refractivity contribution in [1.82, 2.24) is 5.32 Å². The van der Waals surface area contributed by atoms with E-state index in [1.807, 2.05) is 18.2 Å². The third kappa shape index (κ3) is 3.03. The number of benzene rings is 1. The summed E-state index contributed by atoms with van der Waals surface area (Å²) in [5.74, 6) is 1.13. The smallest absolute Gasteiger partial charge is 0.259 e. The highest BCUT2D eigenvalue weighted by molar-refractivity contribution is 6.33. The molecule has 23 heavy (non-hydrogen) atoms. The number of hydrogen-bond donors (Lipinski definition) is 1. The summed E-state index contributed by atoms with van der Waals surface area (Å²) in [6, 6.07) is 7.16. The Hall–Kier alpha value is -2.47. The zero-order valence-electron chi connectivity index (χ0n) is 12.8. The summed E-state index contributed by atoms with van der Waals surface area (Å²) in [7, 11) is 1.52. The zero-order chi connectivity index (χ0) is 16.4. The highest BCUT2D eigenvalue weighted by Crippen LogP contribution is 2.32. The lowest BCUT2D eigenvalue weighted by Gasteiger charge is -2.08. The molecular weight excluding hydrogens is 320 g/mol. The molecule has 1 N–H and O–H groups in total. The molecule has 2 heterocycles. The number of ether oxygens (including phenoxy) is 2. The van der Waals surface area contributed by atoms with E-state index in [4.69, 9.17) is 25.9 Å². The molecule has 0 atom stereocenters. The van der Waals surface area contributed by atoms with Gasteiger partial charge in [-0.2, -0.15) is 0 Å². The molecule has 0 unspecified atom stereocenters. The van der Waals surface area contributed by atoms with Crippen LogP contribution in [-0.4, -0.2) is 19.8 Å². The summed E-state index contributed by atoms with van der Waals surface area (Å²) >= 11 is 6.15. The lowest BCUT2D eigenvalue weighted by Crippen LogP contribution is -2.45. The first-order valence-electron chi connectivity index (χ1n) is 7.02. The minimum Gasteiger partial charge on any atom is -0.454 e. The Morgan fingerprint density at radius 1 is 1.35 bits per heavy atom. The monoisotopic (exact) mass is 335 g/mol. The second kappa shape index (κ2) is 6.34. The van der Waals surface area contributed by atoms with Gasteiger partial charge in [0, 0.05) is 24.3 Å². The van der Waals surface area contributed by atoms with E-state index in [-0.39, 0.29) is 12.7 Å². The van der Waals surface area contributed by atoms with Crippen LogP contribution in [0.5, 0.6) is 11.5 Å². The van der Waals surface area contributed by atoms with Crippen LogP contribution in [0, 0.1) is 6.92 Å². The molecular formula is C16H16ClN2O4+. The Morgan fingerprint density at radius 2 is 2.13 bits per heavy atom. The lowest BCUT2D eigenvalue weighted by atomic mass is 10.1. The van der Waals surface area contributed by atoms with E-state index >= 15 is 0 Å². The second-order valence-electron chi connectivity index (χ2n) is 5.00. The first kappa shape index (κ1) is 15.4. The minimum atomic E-state index is -0.267. The number of halogens is 1. The van der Waals surface area contributed by atoms with Crippen LogP contribution in [0.4, 0.5) is 0 Å². The number of nitrogens with one attached hydrogen (secondary N) is 1. The largest absolute Gasteiger partial charge is 0.454 e. The molecule has 2 aromatic rings. The number of rotatable bonds is 4. The van der Waals surface area contributed by atoms with Crippen LogP contribution in [0.25, 0.3) is 0 Å². The molecule has 6 nitrogen and oxygen atoms in total. The van der Waals surface area contributed by atoms with E-state index in [0.29, 0.717) is 34.3 Å². The molecule has 0 spiro atoms. The maximum atomic E-state index is 12.4. The van der Waals surface area contributed by atoms with Gasteiger partial charge in [0.05, 0.1) is 5.02 Å². The number of carbonyl (C=O) groups excluding carboxylic acids is 1. The van der Waals surface area contributed by atoms with E-state index in [1.165, 1.54) is 11.8 Å². The van der Waals surface area contributed by atoms with Gasteiger partial charge in [0.15, 0.2) is 11.5 Å². The average molecular weight is 336 g/mol. The Balaban J connectivity index is 1.75. The van der Waals surface area contributed by atoms with Crippen molar-refractivity contribution in [3.8, 4) is 11.5 Å². The van der Waals surface area contributed by atoms with Gasteiger partial charge in [0.25, 0.3) is 5.91 Å². The molecule has 7 heteroatoms. The van der Waals surface area contributed by atoms with Gasteiger partial charge in [0.2, 0.25) is 18.7 Å². The normalized spacial score (nSPS) is 12.1. The van der Waals surface area contributed by atoms with Crippen molar-refractivity contribution in [2.45, 2.75) is 13.5 Å². The maximum absolute atomic E-state index is 12.4. The van der Waals surface area contributed by atoms with Crippen LogP contribution in [-0.2, 0) is 6.54 Å². The van der Waals surface area contributed by atoms with Crippen molar-refractivity contribution < 1.29 is 23.8 Å². The van der Waals surface area contributed by atoms with Crippen molar-refractivity contribution in [2.75, 3.05) is 13.9 Å². The molecule has 120 valence electrons. The number of pyridine rings is 1. The maximum Gasteiger partial charge on any atom is 0.259 e. The lowest BCUT2D eigenvalue weighted by molar-refractivity contribution is -0.889. The van der Waals surface area contributed by atoms with Gasteiger partial charge in [-0.3, -0.25) is 9.63 Å². The van der Waals surface area contributed by atoms with Gasteiger partial charge in [-0.05, 0) is 17.7 Å². The minimum absolute atomic E-state index is 0.223. The number of carbonyl (C=O) groups is 1. The topological polar surface area (TPSA) is 60.7 Å². The molecule has 1 amide bonds. The quantitative estimate of drug-likeness (QED) is 0.863. The standard InChI is InChI=1S/C16H15ClN2O4/c1-10-15(12(17)5-6-19(10)21-2)16(20)18-8-11-3-4-13-14(7-11)23-9-22-13/h3-7H,8-9H2,1-2H3/p+1. The fourth-order valence-corrected chi connectivity index (χ4v) is 2.68. The van der Waals surface area contributed by atoms with Gasteiger partial charge in [0.1, 0.15) is 12.7 Å². The fourth-order valence-electron chi connectivity index (χ4n) is 2.40. The van der Waals surface area contributed by atoms with Gasteiger partial charge in [-0.1, -0.05) is 17.7 Å². The number of aromatic nitrogens is 1. The van der Waals surface area contributed by atoms with E-state index in [0.717, 1.165) is 5.56 Å². The molecule has 3 rings (SSSR count). The second-order valence-corrected chi connectivity index (χ2v) is 5.41. The summed E-state index contributed by atoms with van der Waals surface area (Å²) in [6.07, 6.45) is 1.66. The summed E-state index contributed by atoms with van der Waals surface area (Å²) in [4.78, 5) is 17.6. The van der Waals surface area contributed by atoms with E-state index in [9.17, 15) is 4.79 Å². The molecule has 1 aliphatic heterocycles. The van der Waals surface area contributed by atoms with E-state index in [2.05, 4.69) is 5.32 Å². The Bertz CT molecular complexity index is 764. The Labute approximate surface area is 138 Å². The molecule has 0 saturated carbocycles. The Morgan fingerprint density at radius 3 is 2.91 bits per heavy atom. The van der Waals surface area contributed by atoms with E-state index < -0.39 is 0 Å². The Kier molecular flexibility index (Phi) is 4.25. The SMILES string of the molecule is CO[n+]1ccc(Cl)c(C(=O)NCc2ccc3c(c2)OCO3)c1C. The van der Waals surface area contributed by atoms with Gasteiger partial charge >= 0.3 is 0 Å². The van der Waals surface area contributed by atoms with Crippen molar-refractivity contribution in [1.29, 1.82) is 0 Å². The molecule has 1 aromatic carbocycles. The van der Waals surface area contributed by atoms with Crippen LogP contribution in [0.2, 0.25) is 5.02 Å². The first-order valence-corrected chi connectivity index (χ1v) is 7.40. The summed E-state index contributed by atoms with van der Waals surface area (Å²) < 4.78 is 12.1. The van der Waals surface area contributed by atoms with Crippen molar-refractivity contribution in [3.63, 3.8) is 0 Å². The van der Waals surface area contributed by atoms with Crippen LogP contribution in [0.1, 0.15) is 21.6 Å². The zero-order valence-corrected chi connectivity index (χ0v) is 13.5. The molecule has 0 radical (unpaired) electrons. The predicted molar refractivity (Wildman–Crippen MR) is 82.6 cm³/mol.